The SMILES string of the molecule is CCOc1c(OC)cc(N)c(Cl)c1C(=O)O. The third-order valence-electron chi connectivity index (χ3n) is 1.93. The highest BCUT2D eigenvalue weighted by Gasteiger charge is 2.22. The average Bonchev–Trinajstić information content (AvgIpc) is 2.23. The van der Waals surface area contributed by atoms with Gasteiger partial charge in [0.1, 0.15) is 5.56 Å². The topological polar surface area (TPSA) is 81.8 Å². The number of nitrogens with two attached hydrogens (primary N) is 1. The monoisotopic (exact) mass is 245 g/mol. The molecule has 0 saturated heterocycles. The molecule has 6 heteroatoms. The van der Waals surface area contributed by atoms with E-state index in [4.69, 9.17) is 31.9 Å². The zero-order chi connectivity index (χ0) is 12.3. The van der Waals surface area contributed by atoms with Crippen molar-refractivity contribution in [2.24, 2.45) is 0 Å². The van der Waals surface area contributed by atoms with E-state index in [1.54, 1.807) is 6.92 Å². The molecule has 0 atom stereocenters. The number of nitrogen functional groups attached to an aromatic ring is 1. The van der Waals surface area contributed by atoms with Gasteiger partial charge >= 0.3 is 5.97 Å². The first-order valence-electron chi connectivity index (χ1n) is 4.55. The minimum atomic E-state index is -1.21. The second-order valence-corrected chi connectivity index (χ2v) is 3.30. The van der Waals surface area contributed by atoms with Gasteiger partial charge in [0.2, 0.25) is 0 Å². The fourth-order valence-electron chi connectivity index (χ4n) is 1.27. The maximum Gasteiger partial charge on any atom is 0.341 e. The quantitative estimate of drug-likeness (QED) is 0.793. The summed E-state index contributed by atoms with van der Waals surface area (Å²) in [5, 5.41) is 9.00. The Morgan fingerprint density at radius 2 is 2.25 bits per heavy atom. The van der Waals surface area contributed by atoms with Crippen molar-refractivity contribution in [3.05, 3.63) is 16.7 Å². The van der Waals surface area contributed by atoms with Crippen molar-refractivity contribution in [2.45, 2.75) is 6.92 Å². The van der Waals surface area contributed by atoms with Crippen LogP contribution in [-0.4, -0.2) is 24.8 Å². The minimum Gasteiger partial charge on any atom is -0.493 e. The molecule has 0 bridgehead atoms. The minimum absolute atomic E-state index is 0.0447. The van der Waals surface area contributed by atoms with Gasteiger partial charge in [-0.2, -0.15) is 0 Å². The summed E-state index contributed by atoms with van der Waals surface area (Å²) >= 11 is 5.82. The van der Waals surface area contributed by atoms with E-state index < -0.39 is 5.97 Å². The molecular formula is C10H12ClNO4. The largest absolute Gasteiger partial charge is 0.493 e. The van der Waals surface area contributed by atoms with Gasteiger partial charge in [0.05, 0.1) is 24.4 Å². The van der Waals surface area contributed by atoms with Crippen molar-refractivity contribution in [1.82, 2.24) is 0 Å². The molecule has 0 aliphatic heterocycles. The number of ether oxygens (including phenoxy) is 2. The maximum absolute atomic E-state index is 11.1. The molecule has 0 aliphatic rings. The fraction of sp³-hybridized carbons (Fsp3) is 0.300. The van der Waals surface area contributed by atoms with Crippen LogP contribution in [0.5, 0.6) is 11.5 Å². The first-order chi connectivity index (χ1) is 7.52. The number of halogens is 1. The zero-order valence-corrected chi connectivity index (χ0v) is 9.67. The van der Waals surface area contributed by atoms with Gasteiger partial charge in [0, 0.05) is 6.07 Å². The van der Waals surface area contributed by atoms with E-state index in [1.807, 2.05) is 0 Å². The number of anilines is 1. The number of carboxylic acid groups (broad SMARTS) is 1. The van der Waals surface area contributed by atoms with Gasteiger partial charge in [-0.15, -0.1) is 0 Å². The lowest BCUT2D eigenvalue weighted by molar-refractivity contribution is 0.0692. The predicted octanol–water partition coefficient (Wildman–Crippen LogP) is 2.03. The summed E-state index contributed by atoms with van der Waals surface area (Å²) < 4.78 is 10.2. The first-order valence-corrected chi connectivity index (χ1v) is 4.92. The molecule has 0 heterocycles. The number of methoxy groups -OCH3 is 1. The summed E-state index contributed by atoms with van der Waals surface area (Å²) in [6, 6.07) is 1.43. The van der Waals surface area contributed by atoms with Crippen LogP contribution >= 0.6 is 11.6 Å². The van der Waals surface area contributed by atoms with Gasteiger partial charge in [-0.05, 0) is 6.92 Å². The van der Waals surface area contributed by atoms with Gasteiger partial charge in [-0.25, -0.2) is 4.79 Å². The van der Waals surface area contributed by atoms with Crippen LogP contribution in [0.25, 0.3) is 0 Å². The van der Waals surface area contributed by atoms with Crippen LogP contribution < -0.4 is 15.2 Å². The molecule has 0 fully saturated rings. The van der Waals surface area contributed by atoms with Gasteiger partial charge < -0.3 is 20.3 Å². The Bertz CT molecular complexity index is 420. The third-order valence-corrected chi connectivity index (χ3v) is 2.34. The van der Waals surface area contributed by atoms with Gasteiger partial charge in [0.25, 0.3) is 0 Å². The molecule has 0 radical (unpaired) electrons. The molecule has 3 N–H and O–H groups in total. The number of aromatic carboxylic acids is 1. The number of hydrogen-bond donors (Lipinski definition) is 2. The third kappa shape index (κ3) is 2.14. The molecule has 0 amide bonds. The maximum atomic E-state index is 11.1. The van der Waals surface area contributed by atoms with E-state index in [0.717, 1.165) is 0 Å². The molecule has 1 rings (SSSR count). The van der Waals surface area contributed by atoms with Gasteiger partial charge in [-0.1, -0.05) is 11.6 Å². The Kier molecular flexibility index (Phi) is 3.84. The van der Waals surface area contributed by atoms with E-state index in [2.05, 4.69) is 0 Å². The lowest BCUT2D eigenvalue weighted by atomic mass is 10.1. The summed E-state index contributed by atoms with van der Waals surface area (Å²) in [5.41, 5.74) is 5.53. The van der Waals surface area contributed by atoms with Crippen LogP contribution in [0.2, 0.25) is 5.02 Å². The van der Waals surface area contributed by atoms with E-state index in [1.165, 1.54) is 13.2 Å². The Morgan fingerprint density at radius 1 is 1.62 bits per heavy atom. The van der Waals surface area contributed by atoms with Crippen LogP contribution in [0.1, 0.15) is 17.3 Å². The van der Waals surface area contributed by atoms with E-state index in [-0.39, 0.29) is 27.8 Å². The molecule has 1 aromatic rings. The number of hydrogen-bond acceptors (Lipinski definition) is 4. The average molecular weight is 246 g/mol. The van der Waals surface area contributed by atoms with Crippen molar-refractivity contribution < 1.29 is 19.4 Å². The molecule has 0 saturated carbocycles. The molecular weight excluding hydrogens is 234 g/mol. The normalized spacial score (nSPS) is 9.94. The van der Waals surface area contributed by atoms with Crippen molar-refractivity contribution in [1.29, 1.82) is 0 Å². The van der Waals surface area contributed by atoms with Crippen molar-refractivity contribution in [3.63, 3.8) is 0 Å². The second kappa shape index (κ2) is 4.94. The van der Waals surface area contributed by atoms with Crippen LogP contribution in [-0.2, 0) is 0 Å². The number of rotatable bonds is 4. The lowest BCUT2D eigenvalue weighted by Gasteiger charge is -2.14. The highest BCUT2D eigenvalue weighted by atomic mass is 35.5. The van der Waals surface area contributed by atoms with Crippen molar-refractivity contribution in [2.75, 3.05) is 19.5 Å². The lowest BCUT2D eigenvalue weighted by Crippen LogP contribution is -2.07. The highest BCUT2D eigenvalue weighted by molar-refractivity contribution is 6.36. The predicted molar refractivity (Wildman–Crippen MR) is 60.5 cm³/mol. The van der Waals surface area contributed by atoms with Gasteiger partial charge in [-0.3, -0.25) is 0 Å². The number of carboxylic acids is 1. The first kappa shape index (κ1) is 12.4. The summed E-state index contributed by atoms with van der Waals surface area (Å²) in [4.78, 5) is 11.1. The standard InChI is InChI=1S/C10H12ClNO4/c1-3-16-9-6(15-2)4-5(12)8(11)7(9)10(13)14/h4H,3,12H2,1-2H3,(H,13,14). The molecule has 1 aromatic carbocycles. The van der Waals surface area contributed by atoms with E-state index >= 15 is 0 Å². The van der Waals surface area contributed by atoms with E-state index in [9.17, 15) is 4.79 Å². The Labute approximate surface area is 97.7 Å². The second-order valence-electron chi connectivity index (χ2n) is 2.92. The van der Waals surface area contributed by atoms with Crippen LogP contribution in [0, 0.1) is 0 Å². The van der Waals surface area contributed by atoms with E-state index in [0.29, 0.717) is 6.61 Å². The van der Waals surface area contributed by atoms with Crippen molar-refractivity contribution in [3.8, 4) is 11.5 Å². The summed E-state index contributed by atoms with van der Waals surface area (Å²) in [7, 11) is 1.40. The number of benzene rings is 1. The Balaban J connectivity index is 3.50. The Morgan fingerprint density at radius 3 is 2.69 bits per heavy atom. The van der Waals surface area contributed by atoms with Gasteiger partial charge in [0.15, 0.2) is 11.5 Å². The zero-order valence-electron chi connectivity index (χ0n) is 8.91. The molecule has 5 nitrogen and oxygen atoms in total. The summed E-state index contributed by atoms with van der Waals surface area (Å²) in [6.07, 6.45) is 0. The molecule has 0 unspecified atom stereocenters. The van der Waals surface area contributed by atoms with Crippen molar-refractivity contribution >= 4 is 23.3 Å². The summed E-state index contributed by atoms with van der Waals surface area (Å²) in [5.74, 6) is -0.864. The fourth-order valence-corrected chi connectivity index (χ4v) is 1.49. The van der Waals surface area contributed by atoms with Crippen LogP contribution in [0.4, 0.5) is 5.69 Å². The van der Waals surface area contributed by atoms with Crippen LogP contribution in [0.15, 0.2) is 6.07 Å². The van der Waals surface area contributed by atoms with Crippen LogP contribution in [0.3, 0.4) is 0 Å². The number of carbonyl (C=O) groups is 1. The highest BCUT2D eigenvalue weighted by Crippen LogP contribution is 2.40. The molecule has 0 aliphatic carbocycles. The smallest absolute Gasteiger partial charge is 0.341 e. The summed E-state index contributed by atoms with van der Waals surface area (Å²) in [6.45, 7) is 2.03. The molecule has 0 aromatic heterocycles. The molecule has 16 heavy (non-hydrogen) atoms. The molecule has 88 valence electrons. The molecule has 0 spiro atoms. The Hall–Kier alpha value is -1.62.